The number of methoxy groups -OCH3 is 1. The highest BCUT2D eigenvalue weighted by molar-refractivity contribution is 14.1. The molecule has 1 atom stereocenters. The van der Waals surface area contributed by atoms with Crippen molar-refractivity contribution in [2.45, 2.75) is 32.4 Å². The highest BCUT2D eigenvalue weighted by atomic mass is 127. The number of likely N-dealkylation sites (tertiary alicyclic amines) is 1. The molecule has 1 unspecified atom stereocenters. The molecule has 0 saturated carbocycles. The number of nitrogens with zero attached hydrogens (tertiary/aromatic N) is 1. The second-order valence-electron chi connectivity index (χ2n) is 9.21. The van der Waals surface area contributed by atoms with E-state index < -0.39 is 52.2 Å². The van der Waals surface area contributed by atoms with Crippen LogP contribution in [0.3, 0.4) is 0 Å². The minimum atomic E-state index is -1.32. The molecule has 7 nitrogen and oxygen atoms in total. The lowest BCUT2D eigenvalue weighted by atomic mass is 9.72. The number of hydrogen-bond acceptors (Lipinski definition) is 4. The van der Waals surface area contributed by atoms with Gasteiger partial charge in [-0.15, -0.1) is 0 Å². The number of carboxylic acid groups (broad SMARTS) is 1. The summed E-state index contributed by atoms with van der Waals surface area (Å²) in [5.74, 6) is -3.84. The summed E-state index contributed by atoms with van der Waals surface area (Å²) in [7, 11) is 1.42. The lowest BCUT2D eigenvalue weighted by Crippen LogP contribution is -2.75. The zero-order valence-electron chi connectivity index (χ0n) is 19.0. The molecule has 1 aliphatic heterocycles. The zero-order chi connectivity index (χ0) is 25.4. The van der Waals surface area contributed by atoms with Crippen LogP contribution in [0.1, 0.15) is 31.1 Å². The maximum Gasteiger partial charge on any atom is 0.405 e. The van der Waals surface area contributed by atoms with Gasteiger partial charge in [0.2, 0.25) is 0 Å². The molecule has 1 aliphatic rings. The molecule has 0 spiro atoms. The van der Waals surface area contributed by atoms with E-state index in [1.54, 1.807) is 6.07 Å². The normalized spacial score (nSPS) is 15.9. The van der Waals surface area contributed by atoms with E-state index in [1.165, 1.54) is 24.1 Å². The number of carbonyl (C=O) groups is 2. The fraction of sp³-hybridized carbons (Fsp3) is 0.391. The van der Waals surface area contributed by atoms with E-state index in [0.717, 1.165) is 12.1 Å². The van der Waals surface area contributed by atoms with Gasteiger partial charge in [0.1, 0.15) is 11.4 Å². The number of amides is 2. The summed E-state index contributed by atoms with van der Waals surface area (Å²) in [5, 5.41) is 14.3. The highest BCUT2D eigenvalue weighted by Crippen LogP contribution is 2.39. The van der Waals surface area contributed by atoms with Crippen LogP contribution in [0.2, 0.25) is 0 Å². The molecule has 2 amide bonds. The monoisotopic (exact) mass is 591 g/mol. The van der Waals surface area contributed by atoms with Crippen molar-refractivity contribution in [2.24, 2.45) is 5.41 Å². The largest absolute Gasteiger partial charge is 0.465 e. The number of halogens is 4. The Morgan fingerprint density at radius 3 is 2.32 bits per heavy atom. The van der Waals surface area contributed by atoms with E-state index in [9.17, 15) is 27.9 Å². The second-order valence-corrected chi connectivity index (χ2v) is 10.5. The predicted octanol–water partition coefficient (Wildman–Crippen LogP) is 4.98. The number of hydrogen-bond donors (Lipinski definition) is 3. The zero-order valence-corrected chi connectivity index (χ0v) is 21.2. The molecule has 34 heavy (non-hydrogen) atoms. The van der Waals surface area contributed by atoms with Gasteiger partial charge in [-0.05, 0) is 58.3 Å². The molecule has 1 saturated heterocycles. The van der Waals surface area contributed by atoms with E-state index in [0.29, 0.717) is 3.57 Å². The quantitative estimate of drug-likeness (QED) is 0.413. The van der Waals surface area contributed by atoms with Gasteiger partial charge in [-0.3, -0.25) is 4.79 Å². The number of rotatable bonds is 6. The Kier molecular flexibility index (Phi) is 7.37. The molecule has 0 aliphatic carbocycles. The van der Waals surface area contributed by atoms with Crippen LogP contribution >= 0.6 is 22.6 Å². The molecule has 1 fully saturated rings. The molecule has 184 valence electrons. The molecule has 2 aromatic carbocycles. The summed E-state index contributed by atoms with van der Waals surface area (Å²) in [6.07, 6.45) is -1.23. The predicted molar refractivity (Wildman–Crippen MR) is 129 cm³/mol. The van der Waals surface area contributed by atoms with Gasteiger partial charge in [0, 0.05) is 10.7 Å². The summed E-state index contributed by atoms with van der Waals surface area (Å²) in [5.41, 5.74) is -2.36. The third-order valence-electron chi connectivity index (χ3n) is 5.79. The van der Waals surface area contributed by atoms with Gasteiger partial charge < -0.3 is 25.4 Å². The summed E-state index contributed by atoms with van der Waals surface area (Å²) in [6.45, 7) is 5.55. The van der Waals surface area contributed by atoms with Crippen molar-refractivity contribution < 1.29 is 32.6 Å². The van der Waals surface area contributed by atoms with Gasteiger partial charge in [0.15, 0.2) is 11.6 Å². The first-order valence-electron chi connectivity index (χ1n) is 10.3. The SMILES string of the molecule is COC1(C(NC(=O)O)C(C)(C)C)CN(C(=O)c2ccc(F)c(F)c2Nc2ccc(I)cc2F)C1. The second kappa shape index (κ2) is 9.61. The highest BCUT2D eigenvalue weighted by Gasteiger charge is 2.55. The Hall–Kier alpha value is -2.54. The number of carbonyl (C=O) groups excluding carboxylic acids is 1. The van der Waals surface area contributed by atoms with Gasteiger partial charge in [-0.2, -0.15) is 0 Å². The molecule has 1 heterocycles. The molecular weight excluding hydrogens is 566 g/mol. The lowest BCUT2D eigenvalue weighted by Gasteiger charge is -2.55. The fourth-order valence-corrected chi connectivity index (χ4v) is 4.63. The van der Waals surface area contributed by atoms with Crippen molar-refractivity contribution in [3.8, 4) is 0 Å². The Labute approximate surface area is 208 Å². The van der Waals surface area contributed by atoms with Crippen LogP contribution in [0.4, 0.5) is 29.3 Å². The number of anilines is 2. The number of nitrogens with one attached hydrogen (secondary N) is 2. The van der Waals surface area contributed by atoms with Crippen LogP contribution in [0, 0.1) is 26.4 Å². The fourth-order valence-electron chi connectivity index (χ4n) is 4.18. The molecule has 0 bridgehead atoms. The Balaban J connectivity index is 1.91. The average molecular weight is 591 g/mol. The van der Waals surface area contributed by atoms with Crippen molar-refractivity contribution in [3.05, 3.63) is 56.9 Å². The molecule has 11 heteroatoms. The van der Waals surface area contributed by atoms with Crippen LogP contribution in [0.25, 0.3) is 0 Å². The van der Waals surface area contributed by atoms with Gasteiger partial charge in [-0.1, -0.05) is 20.8 Å². The lowest BCUT2D eigenvalue weighted by molar-refractivity contribution is -0.146. The maximum atomic E-state index is 14.7. The summed E-state index contributed by atoms with van der Waals surface area (Å²) in [6, 6.07) is 5.44. The Bertz CT molecular complexity index is 1120. The van der Waals surface area contributed by atoms with E-state index in [-0.39, 0.29) is 24.3 Å². The summed E-state index contributed by atoms with van der Waals surface area (Å²) >= 11 is 1.91. The van der Waals surface area contributed by atoms with Crippen molar-refractivity contribution in [3.63, 3.8) is 0 Å². The first-order chi connectivity index (χ1) is 15.8. The third-order valence-corrected chi connectivity index (χ3v) is 6.46. The Morgan fingerprint density at radius 2 is 1.79 bits per heavy atom. The van der Waals surface area contributed by atoms with Crippen LogP contribution < -0.4 is 10.6 Å². The summed E-state index contributed by atoms with van der Waals surface area (Å²) < 4.78 is 49.3. The van der Waals surface area contributed by atoms with Gasteiger partial charge in [-0.25, -0.2) is 18.0 Å². The average Bonchev–Trinajstić information content (AvgIpc) is 2.71. The van der Waals surface area contributed by atoms with E-state index >= 15 is 0 Å². The first-order valence-corrected chi connectivity index (χ1v) is 11.4. The minimum absolute atomic E-state index is 0.0148. The smallest absolute Gasteiger partial charge is 0.405 e. The van der Waals surface area contributed by atoms with Gasteiger partial charge in [0.25, 0.3) is 5.91 Å². The van der Waals surface area contributed by atoms with Crippen molar-refractivity contribution in [1.29, 1.82) is 0 Å². The molecule has 3 rings (SSSR count). The van der Waals surface area contributed by atoms with E-state index in [1.807, 2.05) is 43.4 Å². The van der Waals surface area contributed by atoms with Crippen LogP contribution in [0.15, 0.2) is 30.3 Å². The van der Waals surface area contributed by atoms with Gasteiger partial charge >= 0.3 is 6.09 Å². The number of ether oxygens (including phenoxy) is 1. The molecular formula is C23H25F3IN3O4. The minimum Gasteiger partial charge on any atom is -0.465 e. The van der Waals surface area contributed by atoms with E-state index in [2.05, 4.69) is 10.6 Å². The molecule has 0 radical (unpaired) electrons. The third kappa shape index (κ3) is 5.09. The van der Waals surface area contributed by atoms with Crippen molar-refractivity contribution >= 4 is 46.0 Å². The standard InChI is InChI=1S/C23H25F3IN3O4/c1-22(2,3)20(29-21(32)33)23(34-4)10-30(11-23)19(31)13-6-7-14(24)17(26)18(13)28-16-8-5-12(27)9-15(16)25/h5-9,20,28-29H,10-11H2,1-4H3,(H,32,33). The van der Waals surface area contributed by atoms with Crippen molar-refractivity contribution in [1.82, 2.24) is 10.2 Å². The van der Waals surface area contributed by atoms with Crippen LogP contribution in [0.5, 0.6) is 0 Å². The van der Waals surface area contributed by atoms with Crippen molar-refractivity contribution in [2.75, 3.05) is 25.5 Å². The maximum absolute atomic E-state index is 14.7. The first kappa shape index (κ1) is 26.1. The van der Waals surface area contributed by atoms with Crippen LogP contribution in [-0.4, -0.2) is 53.8 Å². The summed E-state index contributed by atoms with van der Waals surface area (Å²) in [4.78, 5) is 26.0. The molecule has 2 aromatic rings. The number of benzene rings is 2. The van der Waals surface area contributed by atoms with Gasteiger partial charge in [0.05, 0.1) is 36.1 Å². The van der Waals surface area contributed by atoms with E-state index in [4.69, 9.17) is 4.74 Å². The van der Waals surface area contributed by atoms with Crippen LogP contribution in [-0.2, 0) is 4.74 Å². The Morgan fingerprint density at radius 1 is 1.15 bits per heavy atom. The topological polar surface area (TPSA) is 90.9 Å². The molecule has 3 N–H and O–H groups in total. The molecule has 0 aromatic heterocycles.